The highest BCUT2D eigenvalue weighted by Gasteiger charge is 2.22. The summed E-state index contributed by atoms with van der Waals surface area (Å²) in [7, 11) is 0. The van der Waals surface area contributed by atoms with Crippen molar-refractivity contribution in [3.05, 3.63) is 95.1 Å². The molecule has 0 saturated heterocycles. The minimum atomic E-state index is -0.211. The number of hydrogen-bond acceptors (Lipinski definition) is 8. The highest BCUT2D eigenvalue weighted by atomic mass is 16.1. The minimum absolute atomic E-state index is 0.211. The van der Waals surface area contributed by atoms with E-state index in [0.717, 1.165) is 24.8 Å². The van der Waals surface area contributed by atoms with Gasteiger partial charge in [-0.05, 0) is 61.6 Å². The molecular weight excluding hydrogens is 476 g/mol. The summed E-state index contributed by atoms with van der Waals surface area (Å²) in [5.74, 6) is 1.37. The van der Waals surface area contributed by atoms with Gasteiger partial charge in [0.05, 0.1) is 11.4 Å². The molecule has 1 amide bonds. The fourth-order valence-corrected chi connectivity index (χ4v) is 3.84. The molecule has 9 nitrogen and oxygen atoms in total. The number of nitrogens with two attached hydrogens (primary N) is 1. The number of aryl methyl sites for hydroxylation is 1. The molecule has 194 valence electrons. The zero-order valence-electron chi connectivity index (χ0n) is 21.4. The fourth-order valence-electron chi connectivity index (χ4n) is 3.84. The number of rotatable bonds is 11. The van der Waals surface area contributed by atoms with Crippen molar-refractivity contribution in [1.82, 2.24) is 15.0 Å². The van der Waals surface area contributed by atoms with E-state index >= 15 is 0 Å². The van der Waals surface area contributed by atoms with E-state index in [1.54, 1.807) is 24.3 Å². The van der Waals surface area contributed by atoms with Crippen LogP contribution in [0.15, 0.2) is 72.8 Å². The molecule has 1 fully saturated rings. The number of nitrogens with one attached hydrogen (secondary N) is 4. The van der Waals surface area contributed by atoms with E-state index in [0.29, 0.717) is 53.9 Å². The van der Waals surface area contributed by atoms with Crippen LogP contribution in [0.3, 0.4) is 0 Å². The molecule has 38 heavy (non-hydrogen) atoms. The summed E-state index contributed by atoms with van der Waals surface area (Å²) >= 11 is 0. The van der Waals surface area contributed by atoms with E-state index in [1.165, 1.54) is 11.1 Å². The monoisotopic (exact) mass is 508 g/mol. The maximum absolute atomic E-state index is 12.6. The van der Waals surface area contributed by atoms with Crippen molar-refractivity contribution in [2.75, 3.05) is 33.5 Å². The lowest BCUT2D eigenvalue weighted by atomic mass is 10.1. The minimum Gasteiger partial charge on any atom is -0.397 e. The van der Waals surface area contributed by atoms with Crippen LogP contribution in [0.1, 0.15) is 39.9 Å². The fraction of sp³-hybridized carbons (Fsp3) is 0.241. The standard InChI is InChI=1S/C29H32N8O/c1-19-6-8-20(9-7-19)16-17-31-27-35-28(37-29(36-27)33-23-14-15-23)32-18-21-10-12-22(13-11-21)26(38)34-25-5-3-2-4-24(25)30/h2-13,23H,14-18,30H2,1H3,(H,34,38)(H3,31,32,33,35,36,37). The van der Waals surface area contributed by atoms with Crippen LogP contribution >= 0.6 is 0 Å². The van der Waals surface area contributed by atoms with Crippen molar-refractivity contribution in [2.45, 2.75) is 38.8 Å². The van der Waals surface area contributed by atoms with Crippen LogP contribution in [-0.4, -0.2) is 33.4 Å². The second kappa shape index (κ2) is 11.6. The lowest BCUT2D eigenvalue weighted by Crippen LogP contribution is -2.15. The first kappa shape index (κ1) is 25.0. The van der Waals surface area contributed by atoms with E-state index < -0.39 is 0 Å². The second-order valence-electron chi connectivity index (χ2n) is 9.48. The van der Waals surface area contributed by atoms with E-state index in [2.05, 4.69) is 67.4 Å². The highest BCUT2D eigenvalue weighted by molar-refractivity contribution is 6.05. The third-order valence-electron chi connectivity index (χ3n) is 6.24. The Hall–Kier alpha value is -4.66. The molecule has 0 spiro atoms. The number of aromatic nitrogens is 3. The first-order valence-electron chi connectivity index (χ1n) is 12.8. The molecule has 1 aromatic heterocycles. The Kier molecular flexibility index (Phi) is 7.63. The summed E-state index contributed by atoms with van der Waals surface area (Å²) < 4.78 is 0. The number of amides is 1. The summed E-state index contributed by atoms with van der Waals surface area (Å²) in [6.45, 7) is 3.31. The molecule has 4 aromatic rings. The van der Waals surface area contributed by atoms with Crippen LogP contribution in [0.5, 0.6) is 0 Å². The lowest BCUT2D eigenvalue weighted by molar-refractivity contribution is 0.102. The number of hydrogen-bond donors (Lipinski definition) is 5. The molecule has 0 bridgehead atoms. The molecule has 0 atom stereocenters. The van der Waals surface area contributed by atoms with E-state index in [-0.39, 0.29) is 5.91 Å². The van der Waals surface area contributed by atoms with Gasteiger partial charge in [0.1, 0.15) is 0 Å². The topological polar surface area (TPSA) is 130 Å². The molecule has 1 heterocycles. The molecule has 1 aliphatic rings. The number of carbonyl (C=O) groups is 1. The number of nitrogen functional groups attached to an aromatic ring is 1. The van der Waals surface area contributed by atoms with Gasteiger partial charge in [0.15, 0.2) is 0 Å². The van der Waals surface area contributed by atoms with Crippen LogP contribution in [0.25, 0.3) is 0 Å². The van der Waals surface area contributed by atoms with Crippen molar-refractivity contribution in [3.8, 4) is 0 Å². The Morgan fingerprint density at radius 2 is 1.50 bits per heavy atom. The predicted octanol–water partition coefficient (Wildman–Crippen LogP) is 4.86. The molecule has 5 rings (SSSR count). The number of carbonyl (C=O) groups excluding carboxylic acids is 1. The van der Waals surface area contributed by atoms with Gasteiger partial charge in [-0.25, -0.2) is 0 Å². The van der Waals surface area contributed by atoms with Crippen molar-refractivity contribution in [1.29, 1.82) is 0 Å². The molecule has 0 aliphatic heterocycles. The van der Waals surface area contributed by atoms with Crippen LogP contribution < -0.4 is 27.0 Å². The molecule has 0 unspecified atom stereocenters. The average Bonchev–Trinajstić information content (AvgIpc) is 3.74. The molecule has 9 heteroatoms. The lowest BCUT2D eigenvalue weighted by Gasteiger charge is -2.12. The molecule has 1 saturated carbocycles. The third-order valence-corrected chi connectivity index (χ3v) is 6.24. The molecular formula is C29H32N8O. The van der Waals surface area contributed by atoms with E-state index in [9.17, 15) is 4.79 Å². The quantitative estimate of drug-likeness (QED) is 0.182. The SMILES string of the molecule is Cc1ccc(CCNc2nc(NCc3ccc(C(=O)Nc4ccccc4N)cc3)nc(NC3CC3)n2)cc1. The van der Waals surface area contributed by atoms with Gasteiger partial charge in [-0.2, -0.15) is 15.0 Å². The van der Waals surface area contributed by atoms with Gasteiger partial charge in [0.25, 0.3) is 5.91 Å². The number of para-hydroxylation sites is 2. The van der Waals surface area contributed by atoms with E-state index in [1.807, 2.05) is 24.3 Å². The van der Waals surface area contributed by atoms with Gasteiger partial charge in [-0.1, -0.05) is 54.1 Å². The van der Waals surface area contributed by atoms with Gasteiger partial charge in [0.2, 0.25) is 17.8 Å². The Morgan fingerprint density at radius 1 is 0.842 bits per heavy atom. The van der Waals surface area contributed by atoms with Crippen molar-refractivity contribution >= 4 is 35.1 Å². The second-order valence-corrected chi connectivity index (χ2v) is 9.48. The smallest absolute Gasteiger partial charge is 0.255 e. The molecule has 3 aromatic carbocycles. The Bertz CT molecular complexity index is 1380. The third kappa shape index (κ3) is 6.97. The maximum Gasteiger partial charge on any atom is 0.255 e. The summed E-state index contributed by atoms with van der Waals surface area (Å²) in [5.41, 5.74) is 11.1. The van der Waals surface area contributed by atoms with Crippen LogP contribution in [0, 0.1) is 6.92 Å². The Labute approximate surface area is 222 Å². The molecule has 1 aliphatic carbocycles. The average molecular weight is 509 g/mol. The number of anilines is 5. The zero-order chi connectivity index (χ0) is 26.3. The molecule has 6 N–H and O–H groups in total. The normalized spacial score (nSPS) is 12.6. The maximum atomic E-state index is 12.6. The van der Waals surface area contributed by atoms with Gasteiger partial charge >= 0.3 is 0 Å². The Balaban J connectivity index is 1.19. The van der Waals surface area contributed by atoms with Crippen LogP contribution in [0.4, 0.5) is 29.2 Å². The first-order chi connectivity index (χ1) is 18.5. The molecule has 0 radical (unpaired) electrons. The highest BCUT2D eigenvalue weighted by Crippen LogP contribution is 2.24. The predicted molar refractivity (Wildman–Crippen MR) is 152 cm³/mol. The summed E-state index contributed by atoms with van der Waals surface area (Å²) in [6.07, 6.45) is 3.12. The van der Waals surface area contributed by atoms with Crippen molar-refractivity contribution in [2.24, 2.45) is 0 Å². The van der Waals surface area contributed by atoms with E-state index in [4.69, 9.17) is 5.73 Å². The Morgan fingerprint density at radius 3 is 2.21 bits per heavy atom. The zero-order valence-corrected chi connectivity index (χ0v) is 21.4. The summed E-state index contributed by atoms with van der Waals surface area (Å²) in [6, 6.07) is 23.5. The first-order valence-corrected chi connectivity index (χ1v) is 12.8. The van der Waals surface area contributed by atoms with Crippen LogP contribution in [-0.2, 0) is 13.0 Å². The number of benzene rings is 3. The largest absolute Gasteiger partial charge is 0.397 e. The van der Waals surface area contributed by atoms with Crippen molar-refractivity contribution < 1.29 is 4.79 Å². The van der Waals surface area contributed by atoms with Crippen LogP contribution in [0.2, 0.25) is 0 Å². The summed E-state index contributed by atoms with van der Waals surface area (Å²) in [4.78, 5) is 26.2. The summed E-state index contributed by atoms with van der Waals surface area (Å²) in [5, 5.41) is 12.8. The van der Waals surface area contributed by atoms with Gasteiger partial charge < -0.3 is 27.0 Å². The van der Waals surface area contributed by atoms with Gasteiger partial charge in [-0.15, -0.1) is 0 Å². The van der Waals surface area contributed by atoms with Gasteiger partial charge in [0, 0.05) is 24.7 Å². The number of nitrogens with zero attached hydrogens (tertiary/aromatic N) is 3. The van der Waals surface area contributed by atoms with Gasteiger partial charge in [-0.3, -0.25) is 4.79 Å². The van der Waals surface area contributed by atoms with Crippen molar-refractivity contribution in [3.63, 3.8) is 0 Å².